The lowest BCUT2D eigenvalue weighted by molar-refractivity contribution is -0.145. The molecule has 2 atom stereocenters. The summed E-state index contributed by atoms with van der Waals surface area (Å²) in [5, 5.41) is 9.33. The zero-order chi connectivity index (χ0) is 18.5. The van der Waals surface area contributed by atoms with E-state index in [9.17, 15) is 14.7 Å². The van der Waals surface area contributed by atoms with Gasteiger partial charge in [-0.25, -0.2) is 0 Å². The van der Waals surface area contributed by atoms with Gasteiger partial charge in [0.05, 0.1) is 18.6 Å². The number of carbonyl (C=O) groups is 2. The van der Waals surface area contributed by atoms with Crippen LogP contribution < -0.4 is 4.74 Å². The van der Waals surface area contributed by atoms with Crippen LogP contribution in [0.2, 0.25) is 0 Å². The van der Waals surface area contributed by atoms with E-state index in [2.05, 4.69) is 0 Å². The summed E-state index contributed by atoms with van der Waals surface area (Å²) in [5.41, 5.74) is 0.637. The molecule has 6 heteroatoms. The number of hydrogen-bond donors (Lipinski definition) is 1. The zero-order valence-electron chi connectivity index (χ0n) is 15.2. The van der Waals surface area contributed by atoms with Crippen LogP contribution in [0.1, 0.15) is 43.0 Å². The first kappa shape index (κ1) is 18.7. The predicted octanol–water partition coefficient (Wildman–Crippen LogP) is 2.82. The number of rotatable bonds is 6. The molecule has 142 valence electrons. The number of carbonyl (C=O) groups excluding carboxylic acids is 1. The molecule has 1 aromatic carbocycles. The largest absolute Gasteiger partial charge is 0.494 e. The molecule has 2 aliphatic heterocycles. The zero-order valence-corrected chi connectivity index (χ0v) is 15.2. The van der Waals surface area contributed by atoms with Crippen molar-refractivity contribution < 1.29 is 24.2 Å². The van der Waals surface area contributed by atoms with Crippen LogP contribution in [0.5, 0.6) is 5.75 Å². The molecular weight excluding hydrogens is 334 g/mol. The third kappa shape index (κ3) is 4.18. The van der Waals surface area contributed by atoms with Crippen LogP contribution in [0.25, 0.3) is 0 Å². The van der Waals surface area contributed by atoms with Crippen molar-refractivity contribution in [3.63, 3.8) is 0 Å². The number of ether oxygens (including phenoxy) is 2. The normalized spacial score (nSPS) is 23.8. The number of amides is 1. The van der Waals surface area contributed by atoms with Crippen molar-refractivity contribution in [2.75, 3.05) is 26.3 Å². The summed E-state index contributed by atoms with van der Waals surface area (Å²) < 4.78 is 11.3. The molecule has 1 unspecified atom stereocenters. The van der Waals surface area contributed by atoms with Gasteiger partial charge >= 0.3 is 5.97 Å². The van der Waals surface area contributed by atoms with Gasteiger partial charge in [-0.15, -0.1) is 0 Å². The molecule has 0 saturated carbocycles. The molecule has 0 aliphatic carbocycles. The number of benzene rings is 1. The Morgan fingerprint density at radius 3 is 2.73 bits per heavy atom. The first-order valence-electron chi connectivity index (χ1n) is 9.46. The molecule has 1 aromatic rings. The van der Waals surface area contributed by atoms with Gasteiger partial charge in [0, 0.05) is 25.3 Å². The lowest BCUT2D eigenvalue weighted by atomic mass is 9.84. The summed E-state index contributed by atoms with van der Waals surface area (Å²) in [6.45, 7) is 4.47. The van der Waals surface area contributed by atoms with Crippen molar-refractivity contribution in [2.24, 2.45) is 11.8 Å². The van der Waals surface area contributed by atoms with Gasteiger partial charge in [0.15, 0.2) is 0 Å². The van der Waals surface area contributed by atoms with Crippen LogP contribution in [0.15, 0.2) is 24.3 Å². The van der Waals surface area contributed by atoms with Gasteiger partial charge in [-0.05, 0) is 49.8 Å². The van der Waals surface area contributed by atoms with Crippen LogP contribution in [0.3, 0.4) is 0 Å². The van der Waals surface area contributed by atoms with Gasteiger partial charge in [-0.1, -0.05) is 13.0 Å². The van der Waals surface area contributed by atoms with E-state index in [1.807, 2.05) is 30.0 Å². The summed E-state index contributed by atoms with van der Waals surface area (Å²) in [6, 6.07) is 7.31. The molecular formula is C20H27NO5. The molecule has 3 rings (SSSR count). The highest BCUT2D eigenvalue weighted by Gasteiger charge is 2.40. The maximum absolute atomic E-state index is 12.8. The van der Waals surface area contributed by atoms with Crippen molar-refractivity contribution in [2.45, 2.75) is 38.7 Å². The summed E-state index contributed by atoms with van der Waals surface area (Å²) in [5.74, 6) is -0.241. The van der Waals surface area contributed by atoms with Crippen molar-refractivity contribution in [3.8, 4) is 5.75 Å². The molecule has 0 radical (unpaired) electrons. The van der Waals surface area contributed by atoms with E-state index in [0.717, 1.165) is 25.0 Å². The van der Waals surface area contributed by atoms with Crippen LogP contribution in [-0.4, -0.2) is 54.3 Å². The molecule has 2 aliphatic rings. The lowest BCUT2D eigenvalue weighted by Gasteiger charge is -2.35. The topological polar surface area (TPSA) is 76.1 Å². The predicted molar refractivity (Wildman–Crippen MR) is 96.3 cm³/mol. The van der Waals surface area contributed by atoms with Gasteiger partial charge in [0.2, 0.25) is 0 Å². The quantitative estimate of drug-likeness (QED) is 0.843. The Hall–Kier alpha value is -2.08. The standard InChI is InChI=1S/C20H27NO5/c1-2-11-25-16-5-3-4-15(13-16)19(22)21-9-6-14(7-10-21)18-17(20(23)24)8-12-26-18/h3-5,13-14,17-18H,2,6-12H2,1H3,(H,23,24)/t17?,18-/m0/s1. The average Bonchev–Trinajstić information content (AvgIpc) is 3.16. The number of carboxylic acids is 1. The number of nitrogens with zero attached hydrogens (tertiary/aromatic N) is 1. The molecule has 2 heterocycles. The van der Waals surface area contributed by atoms with E-state index in [4.69, 9.17) is 9.47 Å². The minimum atomic E-state index is -0.769. The fraction of sp³-hybridized carbons (Fsp3) is 0.600. The van der Waals surface area contributed by atoms with Gasteiger partial charge in [-0.3, -0.25) is 9.59 Å². The van der Waals surface area contributed by atoms with Gasteiger partial charge < -0.3 is 19.5 Å². The molecule has 0 aromatic heterocycles. The number of aliphatic carboxylic acids is 1. The molecule has 0 bridgehead atoms. The van der Waals surface area contributed by atoms with Crippen LogP contribution in [0, 0.1) is 11.8 Å². The average molecular weight is 361 g/mol. The maximum atomic E-state index is 12.8. The summed E-state index contributed by atoms with van der Waals surface area (Å²) in [4.78, 5) is 26.0. The smallest absolute Gasteiger partial charge is 0.309 e. The Labute approximate surface area is 154 Å². The number of hydrogen-bond acceptors (Lipinski definition) is 4. The highest BCUT2D eigenvalue weighted by Crippen LogP contribution is 2.33. The Bertz CT molecular complexity index is 639. The fourth-order valence-corrected chi connectivity index (χ4v) is 3.89. The van der Waals surface area contributed by atoms with E-state index in [1.165, 1.54) is 0 Å². The summed E-state index contributed by atoms with van der Waals surface area (Å²) in [6.07, 6.45) is 2.87. The second-order valence-corrected chi connectivity index (χ2v) is 7.07. The van der Waals surface area contributed by atoms with E-state index in [0.29, 0.717) is 38.3 Å². The minimum absolute atomic E-state index is 0.00697. The van der Waals surface area contributed by atoms with E-state index in [-0.39, 0.29) is 17.9 Å². The van der Waals surface area contributed by atoms with Gasteiger partial charge in [0.1, 0.15) is 5.75 Å². The van der Waals surface area contributed by atoms with Crippen LogP contribution in [-0.2, 0) is 9.53 Å². The Balaban J connectivity index is 1.58. The molecule has 1 amide bonds. The molecule has 1 N–H and O–H groups in total. The SMILES string of the molecule is CCCOc1cccc(C(=O)N2CCC([C@@H]3OCCC3C(=O)O)CC2)c1. The monoisotopic (exact) mass is 361 g/mol. The second kappa shape index (κ2) is 8.54. The Morgan fingerprint density at radius 2 is 2.04 bits per heavy atom. The molecule has 2 saturated heterocycles. The summed E-state index contributed by atoms with van der Waals surface area (Å²) >= 11 is 0. The molecule has 26 heavy (non-hydrogen) atoms. The van der Waals surface area contributed by atoms with E-state index >= 15 is 0 Å². The summed E-state index contributed by atoms with van der Waals surface area (Å²) in [7, 11) is 0. The van der Waals surface area contributed by atoms with Crippen molar-refractivity contribution in [1.29, 1.82) is 0 Å². The lowest BCUT2D eigenvalue weighted by Crippen LogP contribution is -2.43. The van der Waals surface area contributed by atoms with Crippen molar-refractivity contribution >= 4 is 11.9 Å². The Kier molecular flexibility index (Phi) is 6.14. The molecule has 2 fully saturated rings. The fourth-order valence-electron chi connectivity index (χ4n) is 3.89. The van der Waals surface area contributed by atoms with Crippen LogP contribution >= 0.6 is 0 Å². The molecule has 0 spiro atoms. The van der Waals surface area contributed by atoms with Gasteiger partial charge in [-0.2, -0.15) is 0 Å². The third-order valence-corrected chi connectivity index (χ3v) is 5.30. The first-order valence-corrected chi connectivity index (χ1v) is 9.46. The van der Waals surface area contributed by atoms with Crippen molar-refractivity contribution in [1.82, 2.24) is 4.90 Å². The number of piperidine rings is 1. The van der Waals surface area contributed by atoms with E-state index in [1.54, 1.807) is 6.07 Å². The second-order valence-electron chi connectivity index (χ2n) is 7.07. The minimum Gasteiger partial charge on any atom is -0.494 e. The molecule has 6 nitrogen and oxygen atoms in total. The number of carboxylic acid groups (broad SMARTS) is 1. The third-order valence-electron chi connectivity index (χ3n) is 5.30. The van der Waals surface area contributed by atoms with Crippen LogP contribution in [0.4, 0.5) is 0 Å². The van der Waals surface area contributed by atoms with Crippen molar-refractivity contribution in [3.05, 3.63) is 29.8 Å². The van der Waals surface area contributed by atoms with E-state index < -0.39 is 11.9 Å². The highest BCUT2D eigenvalue weighted by molar-refractivity contribution is 5.94. The van der Waals surface area contributed by atoms with Gasteiger partial charge in [0.25, 0.3) is 5.91 Å². The Morgan fingerprint density at radius 1 is 1.27 bits per heavy atom. The maximum Gasteiger partial charge on any atom is 0.309 e. The number of likely N-dealkylation sites (tertiary alicyclic amines) is 1. The first-order chi connectivity index (χ1) is 12.6. The highest BCUT2D eigenvalue weighted by atomic mass is 16.5.